The highest BCUT2D eigenvalue weighted by Gasteiger charge is 2.21. The lowest BCUT2D eigenvalue weighted by molar-refractivity contribution is -0.117. The molecule has 4 rings (SSSR count). The van der Waals surface area contributed by atoms with Crippen molar-refractivity contribution in [1.29, 1.82) is 0 Å². The third-order valence-corrected chi connectivity index (χ3v) is 5.14. The van der Waals surface area contributed by atoms with Crippen LogP contribution in [0.1, 0.15) is 34.5 Å². The molecule has 2 aromatic carbocycles. The number of anilines is 2. The molecule has 0 saturated carbocycles. The van der Waals surface area contributed by atoms with E-state index in [-0.39, 0.29) is 30.7 Å². The second-order valence-corrected chi connectivity index (χ2v) is 7.35. The Labute approximate surface area is 180 Å². The predicted molar refractivity (Wildman–Crippen MR) is 117 cm³/mol. The number of nitrogens with zero attached hydrogens (tertiary/aromatic N) is 1. The molecule has 3 amide bonds. The lowest BCUT2D eigenvalue weighted by Crippen LogP contribution is -2.25. The van der Waals surface area contributed by atoms with Gasteiger partial charge in [-0.2, -0.15) is 0 Å². The smallest absolute Gasteiger partial charge is 0.253 e. The molecule has 0 radical (unpaired) electrons. The molecule has 7 nitrogen and oxygen atoms in total. The molecule has 158 valence electrons. The quantitative estimate of drug-likeness (QED) is 0.615. The van der Waals surface area contributed by atoms with E-state index in [1.54, 1.807) is 47.6 Å². The molecular weight excluding hydrogens is 394 g/mol. The first kappa shape index (κ1) is 20.4. The number of amides is 3. The number of para-hydroxylation sites is 1. The molecule has 1 aromatic heterocycles. The monoisotopic (exact) mass is 417 g/mol. The summed E-state index contributed by atoms with van der Waals surface area (Å²) in [4.78, 5) is 38.8. The minimum atomic E-state index is -0.299. The van der Waals surface area contributed by atoms with Crippen LogP contribution >= 0.6 is 0 Å². The van der Waals surface area contributed by atoms with Crippen molar-refractivity contribution in [3.05, 3.63) is 83.8 Å². The fraction of sp³-hybridized carbons (Fsp3) is 0.208. The molecule has 1 aliphatic rings. The Hall–Kier alpha value is -3.87. The zero-order chi connectivity index (χ0) is 21.6. The van der Waals surface area contributed by atoms with Gasteiger partial charge in [-0.05, 0) is 48.4 Å². The van der Waals surface area contributed by atoms with Crippen molar-refractivity contribution >= 4 is 29.1 Å². The van der Waals surface area contributed by atoms with Gasteiger partial charge in [-0.3, -0.25) is 14.4 Å². The fourth-order valence-corrected chi connectivity index (χ4v) is 3.56. The standard InChI is InChI=1S/C24H23N3O4/c28-22(15-17-9-11-18(12-10-17)27-13-3-8-23(27)29)26-21-7-2-1-6-20(21)24(30)25-16-19-5-4-14-31-19/h1-2,4-7,9-12,14H,3,8,13,15-16H2,(H,25,30)(H,26,28). The van der Waals surface area contributed by atoms with Crippen LogP contribution in [0.3, 0.4) is 0 Å². The normalized spacial score (nSPS) is 13.3. The molecule has 0 aliphatic carbocycles. The topological polar surface area (TPSA) is 91.7 Å². The number of nitrogens with one attached hydrogen (secondary N) is 2. The van der Waals surface area contributed by atoms with Crippen molar-refractivity contribution in [2.24, 2.45) is 0 Å². The highest BCUT2D eigenvalue weighted by atomic mass is 16.3. The number of hydrogen-bond donors (Lipinski definition) is 2. The summed E-state index contributed by atoms with van der Waals surface area (Å²) in [5, 5.41) is 5.61. The first-order valence-electron chi connectivity index (χ1n) is 10.2. The summed E-state index contributed by atoms with van der Waals surface area (Å²) in [5.41, 5.74) is 2.51. The first-order chi connectivity index (χ1) is 15.1. The maximum Gasteiger partial charge on any atom is 0.253 e. The second kappa shape index (κ2) is 9.30. The van der Waals surface area contributed by atoms with Gasteiger partial charge in [-0.25, -0.2) is 0 Å². The van der Waals surface area contributed by atoms with Gasteiger partial charge in [0.1, 0.15) is 5.76 Å². The van der Waals surface area contributed by atoms with Crippen LogP contribution in [0.5, 0.6) is 0 Å². The van der Waals surface area contributed by atoms with Crippen LogP contribution in [0.15, 0.2) is 71.3 Å². The minimum Gasteiger partial charge on any atom is -0.467 e. The van der Waals surface area contributed by atoms with Gasteiger partial charge >= 0.3 is 0 Å². The summed E-state index contributed by atoms with van der Waals surface area (Å²) in [6.45, 7) is 0.997. The lowest BCUT2D eigenvalue weighted by Gasteiger charge is -2.16. The SMILES string of the molecule is O=C(Cc1ccc(N2CCCC2=O)cc1)Nc1ccccc1C(=O)NCc1ccco1. The maximum atomic E-state index is 12.6. The average Bonchev–Trinajstić information content (AvgIpc) is 3.45. The van der Waals surface area contributed by atoms with Crippen LogP contribution < -0.4 is 15.5 Å². The molecule has 3 aromatic rings. The summed E-state index contributed by atoms with van der Waals surface area (Å²) < 4.78 is 5.22. The van der Waals surface area contributed by atoms with Gasteiger partial charge in [0.2, 0.25) is 11.8 Å². The molecule has 0 spiro atoms. The van der Waals surface area contributed by atoms with E-state index in [1.807, 2.05) is 24.3 Å². The number of rotatable bonds is 7. The molecule has 1 saturated heterocycles. The largest absolute Gasteiger partial charge is 0.467 e. The van der Waals surface area contributed by atoms with Gasteiger partial charge in [-0.1, -0.05) is 24.3 Å². The summed E-state index contributed by atoms with van der Waals surface area (Å²) >= 11 is 0. The average molecular weight is 417 g/mol. The van der Waals surface area contributed by atoms with E-state index < -0.39 is 0 Å². The summed E-state index contributed by atoms with van der Waals surface area (Å²) in [5.74, 6) is 0.254. The van der Waals surface area contributed by atoms with E-state index in [2.05, 4.69) is 10.6 Å². The summed E-state index contributed by atoms with van der Waals surface area (Å²) in [7, 11) is 0. The van der Waals surface area contributed by atoms with Gasteiger partial charge in [0, 0.05) is 18.7 Å². The molecule has 0 unspecified atom stereocenters. The fourth-order valence-electron chi connectivity index (χ4n) is 3.56. The predicted octanol–water partition coefficient (Wildman–Crippen LogP) is 3.52. The van der Waals surface area contributed by atoms with E-state index in [4.69, 9.17) is 4.42 Å². The van der Waals surface area contributed by atoms with E-state index in [0.29, 0.717) is 23.4 Å². The minimum absolute atomic E-state index is 0.132. The number of hydrogen-bond acceptors (Lipinski definition) is 4. The maximum absolute atomic E-state index is 12.6. The Morgan fingerprint density at radius 1 is 1.00 bits per heavy atom. The van der Waals surface area contributed by atoms with E-state index in [1.165, 1.54) is 0 Å². The van der Waals surface area contributed by atoms with E-state index in [0.717, 1.165) is 24.2 Å². The Morgan fingerprint density at radius 2 is 1.81 bits per heavy atom. The Balaban J connectivity index is 1.37. The zero-order valence-corrected chi connectivity index (χ0v) is 17.0. The third-order valence-electron chi connectivity index (χ3n) is 5.14. The number of carbonyl (C=O) groups is 3. The first-order valence-corrected chi connectivity index (χ1v) is 10.2. The molecular formula is C24H23N3O4. The number of benzene rings is 2. The van der Waals surface area contributed by atoms with Gasteiger partial charge in [-0.15, -0.1) is 0 Å². The Bertz CT molecular complexity index is 1070. The van der Waals surface area contributed by atoms with Crippen LogP contribution in [0, 0.1) is 0 Å². The molecule has 0 atom stereocenters. The second-order valence-electron chi connectivity index (χ2n) is 7.35. The molecule has 1 aliphatic heterocycles. The number of carbonyl (C=O) groups excluding carboxylic acids is 3. The molecule has 7 heteroatoms. The molecule has 2 heterocycles. The van der Waals surface area contributed by atoms with Crippen LogP contribution in [0.25, 0.3) is 0 Å². The molecule has 0 bridgehead atoms. The van der Waals surface area contributed by atoms with Crippen molar-refractivity contribution in [3.63, 3.8) is 0 Å². The Morgan fingerprint density at radius 3 is 2.52 bits per heavy atom. The van der Waals surface area contributed by atoms with Crippen molar-refractivity contribution in [3.8, 4) is 0 Å². The van der Waals surface area contributed by atoms with Crippen LogP contribution in [-0.2, 0) is 22.6 Å². The lowest BCUT2D eigenvalue weighted by atomic mass is 10.1. The van der Waals surface area contributed by atoms with Crippen molar-refractivity contribution < 1.29 is 18.8 Å². The van der Waals surface area contributed by atoms with E-state index in [9.17, 15) is 14.4 Å². The molecule has 31 heavy (non-hydrogen) atoms. The van der Waals surface area contributed by atoms with Crippen molar-refractivity contribution in [2.75, 3.05) is 16.8 Å². The molecule has 2 N–H and O–H groups in total. The van der Waals surface area contributed by atoms with Gasteiger partial charge in [0.15, 0.2) is 0 Å². The van der Waals surface area contributed by atoms with E-state index >= 15 is 0 Å². The zero-order valence-electron chi connectivity index (χ0n) is 17.0. The van der Waals surface area contributed by atoms with Gasteiger partial charge in [0.25, 0.3) is 5.91 Å². The highest BCUT2D eigenvalue weighted by molar-refractivity contribution is 6.04. The Kier molecular flexibility index (Phi) is 6.12. The van der Waals surface area contributed by atoms with Gasteiger partial charge < -0.3 is 20.0 Å². The van der Waals surface area contributed by atoms with Crippen LogP contribution in [-0.4, -0.2) is 24.3 Å². The number of furan rings is 1. The third kappa shape index (κ3) is 5.01. The molecule has 1 fully saturated rings. The summed E-state index contributed by atoms with van der Waals surface area (Å²) in [6.07, 6.45) is 3.16. The van der Waals surface area contributed by atoms with Crippen molar-refractivity contribution in [1.82, 2.24) is 5.32 Å². The van der Waals surface area contributed by atoms with Gasteiger partial charge in [0.05, 0.1) is 30.5 Å². The summed E-state index contributed by atoms with van der Waals surface area (Å²) in [6, 6.07) is 17.8. The van der Waals surface area contributed by atoms with Crippen LogP contribution in [0.4, 0.5) is 11.4 Å². The highest BCUT2D eigenvalue weighted by Crippen LogP contribution is 2.22. The van der Waals surface area contributed by atoms with Crippen LogP contribution in [0.2, 0.25) is 0 Å². The van der Waals surface area contributed by atoms with Crippen molar-refractivity contribution in [2.45, 2.75) is 25.8 Å².